The van der Waals surface area contributed by atoms with Crippen LogP contribution < -0.4 is 5.84 Å². The van der Waals surface area contributed by atoms with Crippen molar-refractivity contribution >= 4 is 22.9 Å². The summed E-state index contributed by atoms with van der Waals surface area (Å²) in [7, 11) is 0. The molecule has 0 aromatic rings. The van der Waals surface area contributed by atoms with E-state index >= 15 is 0 Å². The Labute approximate surface area is 81.8 Å². The first kappa shape index (κ1) is 11.6. The van der Waals surface area contributed by atoms with Crippen LogP contribution in [0.15, 0.2) is 0 Å². The third kappa shape index (κ3) is 6.95. The van der Waals surface area contributed by atoms with E-state index in [0.717, 1.165) is 26.2 Å². The van der Waals surface area contributed by atoms with E-state index in [0.29, 0.717) is 0 Å². The Morgan fingerprint density at radius 3 is 2.00 bits per heavy atom. The molecule has 0 aromatic heterocycles. The van der Waals surface area contributed by atoms with Gasteiger partial charge in [-0.15, -0.1) is 0 Å². The fourth-order valence-electron chi connectivity index (χ4n) is 0.698. The van der Waals surface area contributed by atoms with Crippen molar-refractivity contribution < 1.29 is 5.11 Å². The lowest BCUT2D eigenvalue weighted by molar-refractivity contribution is 0.210. The van der Waals surface area contributed by atoms with Gasteiger partial charge in [0.2, 0.25) is 0 Å². The minimum atomic E-state index is 0.250. The summed E-state index contributed by atoms with van der Waals surface area (Å²) in [6.45, 7) is 6.12. The number of hydrazine groups is 1. The summed E-state index contributed by atoms with van der Waals surface area (Å²) in [6, 6.07) is 0. The van der Waals surface area contributed by atoms with Gasteiger partial charge in [0.1, 0.15) is 0 Å². The van der Waals surface area contributed by atoms with Crippen LogP contribution in [0.4, 0.5) is 0 Å². The number of hydrogen-bond acceptors (Lipinski definition) is 4. The predicted octanol–water partition coefficient (Wildman–Crippen LogP) is -0.174. The molecular formula is C6H16IN3O. The molecule has 1 aliphatic rings. The Morgan fingerprint density at radius 2 is 1.73 bits per heavy atom. The normalized spacial score (nSPS) is 20.7. The SMILES string of the molecule is CCO.NN1CCN(I)CC1. The van der Waals surface area contributed by atoms with E-state index in [1.807, 2.05) is 5.01 Å². The summed E-state index contributed by atoms with van der Waals surface area (Å²) in [4.78, 5) is 0. The third-order valence-electron chi connectivity index (χ3n) is 1.26. The molecule has 1 rings (SSSR count). The van der Waals surface area contributed by atoms with Gasteiger partial charge in [0.15, 0.2) is 0 Å². The Morgan fingerprint density at radius 1 is 1.36 bits per heavy atom. The third-order valence-corrected chi connectivity index (χ3v) is 2.22. The molecule has 0 amide bonds. The van der Waals surface area contributed by atoms with E-state index in [2.05, 4.69) is 26.0 Å². The van der Waals surface area contributed by atoms with Crippen molar-refractivity contribution in [3.8, 4) is 0 Å². The molecule has 0 saturated carbocycles. The summed E-state index contributed by atoms with van der Waals surface area (Å²) in [5.41, 5.74) is 0. The second kappa shape index (κ2) is 7.23. The van der Waals surface area contributed by atoms with E-state index in [1.54, 1.807) is 6.92 Å². The van der Waals surface area contributed by atoms with Crippen LogP contribution in [0.2, 0.25) is 0 Å². The van der Waals surface area contributed by atoms with Gasteiger partial charge >= 0.3 is 0 Å². The van der Waals surface area contributed by atoms with Crippen molar-refractivity contribution in [3.63, 3.8) is 0 Å². The number of rotatable bonds is 0. The maximum Gasteiger partial charge on any atom is 0.0402 e. The standard InChI is InChI=1S/C4H10IN3.C2H6O/c5-7-1-3-8(6)4-2-7;1-2-3/h1-4,6H2;3H,2H2,1H3. The fourth-order valence-corrected chi connectivity index (χ4v) is 1.13. The van der Waals surface area contributed by atoms with E-state index in [9.17, 15) is 0 Å². The summed E-state index contributed by atoms with van der Waals surface area (Å²) in [5.74, 6) is 5.50. The average molecular weight is 273 g/mol. The zero-order valence-electron chi connectivity index (χ0n) is 6.83. The average Bonchev–Trinajstić information content (AvgIpc) is 1.97. The molecule has 0 atom stereocenters. The lowest BCUT2D eigenvalue weighted by Gasteiger charge is -2.26. The summed E-state index contributed by atoms with van der Waals surface area (Å²) < 4.78 is 2.25. The molecule has 4 nitrogen and oxygen atoms in total. The van der Waals surface area contributed by atoms with Gasteiger partial charge in [0.25, 0.3) is 0 Å². The number of nitrogens with two attached hydrogens (primary N) is 1. The number of halogens is 1. The van der Waals surface area contributed by atoms with Gasteiger partial charge in [-0.1, -0.05) is 0 Å². The van der Waals surface area contributed by atoms with E-state index in [-0.39, 0.29) is 6.61 Å². The van der Waals surface area contributed by atoms with Crippen molar-refractivity contribution in [2.24, 2.45) is 5.84 Å². The molecule has 1 saturated heterocycles. The zero-order valence-corrected chi connectivity index (χ0v) is 8.99. The van der Waals surface area contributed by atoms with E-state index in [1.165, 1.54) is 0 Å². The summed E-state index contributed by atoms with van der Waals surface area (Å²) in [5, 5.41) is 9.43. The largest absolute Gasteiger partial charge is 0.397 e. The van der Waals surface area contributed by atoms with Crippen LogP contribution >= 0.6 is 22.9 Å². The lowest BCUT2D eigenvalue weighted by atomic mass is 10.4. The second-order valence-electron chi connectivity index (χ2n) is 2.26. The summed E-state index contributed by atoms with van der Waals surface area (Å²) >= 11 is 2.32. The van der Waals surface area contributed by atoms with Gasteiger partial charge in [-0.2, -0.15) is 0 Å². The van der Waals surface area contributed by atoms with Gasteiger partial charge in [0.05, 0.1) is 0 Å². The molecule has 0 spiro atoms. The van der Waals surface area contributed by atoms with E-state index < -0.39 is 0 Å². The van der Waals surface area contributed by atoms with Crippen molar-refractivity contribution in [2.75, 3.05) is 32.8 Å². The highest BCUT2D eigenvalue weighted by Crippen LogP contribution is 2.01. The number of hydrogen-bond donors (Lipinski definition) is 2. The van der Waals surface area contributed by atoms with Crippen LogP contribution in [-0.2, 0) is 0 Å². The number of nitrogens with zero attached hydrogens (tertiary/aromatic N) is 2. The maximum absolute atomic E-state index is 7.57. The minimum absolute atomic E-state index is 0.250. The molecule has 3 N–H and O–H groups in total. The first-order valence-corrected chi connectivity index (χ1v) is 4.68. The molecule has 1 fully saturated rings. The maximum atomic E-state index is 7.57. The molecule has 1 aliphatic heterocycles. The van der Waals surface area contributed by atoms with Crippen LogP contribution in [0, 0.1) is 0 Å². The van der Waals surface area contributed by atoms with Crippen LogP contribution in [0.5, 0.6) is 0 Å². The van der Waals surface area contributed by atoms with Gasteiger partial charge < -0.3 is 5.11 Å². The first-order chi connectivity index (χ1) is 5.20. The van der Waals surface area contributed by atoms with Crippen molar-refractivity contribution in [1.29, 1.82) is 0 Å². The highest BCUT2D eigenvalue weighted by atomic mass is 127. The molecule has 0 radical (unpaired) electrons. The smallest absolute Gasteiger partial charge is 0.0402 e. The Hall–Kier alpha value is 0.570. The minimum Gasteiger partial charge on any atom is -0.397 e. The Kier molecular flexibility index (Phi) is 7.61. The first-order valence-electron chi connectivity index (χ1n) is 3.72. The van der Waals surface area contributed by atoms with Gasteiger partial charge in [-0.05, 0) is 6.92 Å². The van der Waals surface area contributed by atoms with Crippen molar-refractivity contribution in [3.05, 3.63) is 0 Å². The number of aliphatic hydroxyl groups excluding tert-OH is 1. The molecule has 68 valence electrons. The Bertz CT molecular complexity index is 75.9. The molecule has 0 aliphatic carbocycles. The number of piperazine rings is 1. The van der Waals surface area contributed by atoms with Crippen LogP contribution in [0.3, 0.4) is 0 Å². The predicted molar refractivity (Wildman–Crippen MR) is 54.1 cm³/mol. The monoisotopic (exact) mass is 273 g/mol. The molecule has 0 unspecified atom stereocenters. The number of aliphatic hydroxyl groups is 1. The topological polar surface area (TPSA) is 52.7 Å². The highest BCUT2D eigenvalue weighted by molar-refractivity contribution is 14.1. The molecule has 1 heterocycles. The molecule has 0 bridgehead atoms. The van der Waals surface area contributed by atoms with Gasteiger partial charge in [0, 0.05) is 55.7 Å². The molecule has 0 aromatic carbocycles. The van der Waals surface area contributed by atoms with Crippen LogP contribution in [-0.4, -0.2) is 46.0 Å². The van der Waals surface area contributed by atoms with Gasteiger partial charge in [-0.25, -0.2) is 8.12 Å². The highest BCUT2D eigenvalue weighted by Gasteiger charge is 2.09. The Balaban J connectivity index is 0.000000292. The zero-order chi connectivity index (χ0) is 8.69. The van der Waals surface area contributed by atoms with Crippen molar-refractivity contribution in [2.45, 2.75) is 6.92 Å². The fraction of sp³-hybridized carbons (Fsp3) is 1.00. The van der Waals surface area contributed by atoms with Crippen LogP contribution in [0.25, 0.3) is 0 Å². The van der Waals surface area contributed by atoms with E-state index in [4.69, 9.17) is 10.9 Å². The molecule has 5 heteroatoms. The van der Waals surface area contributed by atoms with Crippen molar-refractivity contribution in [1.82, 2.24) is 8.12 Å². The van der Waals surface area contributed by atoms with Gasteiger partial charge in [-0.3, -0.25) is 5.84 Å². The quantitative estimate of drug-likeness (QED) is 0.365. The molecule has 11 heavy (non-hydrogen) atoms. The lowest BCUT2D eigenvalue weighted by Crippen LogP contribution is -2.45. The summed E-state index contributed by atoms with van der Waals surface area (Å²) in [6.07, 6.45) is 0. The molecular weight excluding hydrogens is 257 g/mol. The van der Waals surface area contributed by atoms with Crippen LogP contribution in [0.1, 0.15) is 6.92 Å². The second-order valence-corrected chi connectivity index (χ2v) is 3.63.